The molecule has 1 saturated heterocycles. The molecule has 5 heteroatoms. The Morgan fingerprint density at radius 2 is 2.00 bits per heavy atom. The van der Waals surface area contributed by atoms with Crippen molar-refractivity contribution in [2.24, 2.45) is 0 Å². The van der Waals surface area contributed by atoms with Crippen molar-refractivity contribution < 1.29 is 14.3 Å². The zero-order valence-corrected chi connectivity index (χ0v) is 15.5. The molecule has 1 N–H and O–H groups in total. The van der Waals surface area contributed by atoms with Gasteiger partial charge in [0.25, 0.3) is 0 Å². The molecule has 134 valence electrons. The summed E-state index contributed by atoms with van der Waals surface area (Å²) in [5.41, 5.74) is 1.11. The zero-order valence-electron chi connectivity index (χ0n) is 15.5. The Bertz CT molecular complexity index is 560. The van der Waals surface area contributed by atoms with Gasteiger partial charge in [0.1, 0.15) is 0 Å². The van der Waals surface area contributed by atoms with Crippen molar-refractivity contribution in [1.29, 1.82) is 0 Å². The van der Waals surface area contributed by atoms with E-state index in [1.165, 1.54) is 0 Å². The molecule has 1 aromatic carbocycles. The highest BCUT2D eigenvalue weighted by Crippen LogP contribution is 2.37. The summed E-state index contributed by atoms with van der Waals surface area (Å²) in [5, 5.41) is 3.38. The van der Waals surface area contributed by atoms with Crippen LogP contribution in [-0.4, -0.2) is 43.7 Å². The molecule has 0 bridgehead atoms. The highest BCUT2D eigenvalue weighted by atomic mass is 16.5. The van der Waals surface area contributed by atoms with Crippen molar-refractivity contribution in [3.8, 4) is 11.5 Å². The highest BCUT2D eigenvalue weighted by molar-refractivity contribution is 5.82. The van der Waals surface area contributed by atoms with Crippen molar-refractivity contribution in [2.75, 3.05) is 20.8 Å². The Balaban J connectivity index is 2.22. The number of amides is 1. The number of methoxy groups -OCH3 is 2. The lowest BCUT2D eigenvalue weighted by atomic mass is 10.0. The van der Waals surface area contributed by atoms with E-state index in [4.69, 9.17) is 9.47 Å². The van der Waals surface area contributed by atoms with E-state index >= 15 is 0 Å². The second-order valence-corrected chi connectivity index (χ2v) is 6.59. The van der Waals surface area contributed by atoms with Gasteiger partial charge < -0.3 is 19.7 Å². The third kappa shape index (κ3) is 4.01. The first-order valence-electron chi connectivity index (χ1n) is 8.80. The monoisotopic (exact) mass is 334 g/mol. The predicted octanol–water partition coefficient (Wildman–Crippen LogP) is 3.14. The van der Waals surface area contributed by atoms with E-state index in [2.05, 4.69) is 26.1 Å². The highest BCUT2D eigenvalue weighted by Gasteiger charge is 2.33. The average Bonchev–Trinajstić information content (AvgIpc) is 3.07. The second-order valence-electron chi connectivity index (χ2n) is 6.59. The largest absolute Gasteiger partial charge is 0.493 e. The van der Waals surface area contributed by atoms with Crippen LogP contribution in [0.3, 0.4) is 0 Å². The van der Waals surface area contributed by atoms with Crippen LogP contribution in [0.2, 0.25) is 0 Å². The Hall–Kier alpha value is -1.75. The minimum Gasteiger partial charge on any atom is -0.493 e. The standard InChI is InChI=1S/C19H30N2O3/c1-6-15(20-13(2)3)19(22)21-11-7-8-16(21)14-9-10-17(23-4)18(12-14)24-5/h9-10,12-13,15-16,20H,6-8,11H2,1-5H3/t15-,16+/m1/s1. The molecule has 5 nitrogen and oxygen atoms in total. The molecule has 1 aliphatic rings. The van der Waals surface area contributed by atoms with Crippen LogP contribution in [0.5, 0.6) is 11.5 Å². The fourth-order valence-electron chi connectivity index (χ4n) is 3.40. The second kappa shape index (κ2) is 8.38. The van der Waals surface area contributed by atoms with Crippen LogP contribution >= 0.6 is 0 Å². The molecular formula is C19H30N2O3. The number of ether oxygens (including phenoxy) is 2. The van der Waals surface area contributed by atoms with Gasteiger partial charge in [-0.05, 0) is 37.0 Å². The summed E-state index contributed by atoms with van der Waals surface area (Å²) in [6.45, 7) is 7.02. The fraction of sp³-hybridized carbons (Fsp3) is 0.632. The number of likely N-dealkylation sites (tertiary alicyclic amines) is 1. The lowest BCUT2D eigenvalue weighted by Gasteiger charge is -2.30. The molecule has 2 atom stereocenters. The molecule has 2 rings (SSSR count). The van der Waals surface area contributed by atoms with Crippen molar-refractivity contribution in [1.82, 2.24) is 10.2 Å². The third-order valence-corrected chi connectivity index (χ3v) is 4.57. The summed E-state index contributed by atoms with van der Waals surface area (Å²) in [6.07, 6.45) is 2.81. The normalized spacial score (nSPS) is 18.8. The molecule has 1 aliphatic heterocycles. The summed E-state index contributed by atoms with van der Waals surface area (Å²) in [7, 11) is 3.27. The van der Waals surface area contributed by atoms with E-state index in [0.717, 1.165) is 31.4 Å². The Kier molecular flexibility index (Phi) is 6.49. The van der Waals surface area contributed by atoms with Gasteiger partial charge in [-0.25, -0.2) is 0 Å². The molecular weight excluding hydrogens is 304 g/mol. The van der Waals surface area contributed by atoms with Crippen LogP contribution in [0.4, 0.5) is 0 Å². The first kappa shape index (κ1) is 18.6. The van der Waals surface area contributed by atoms with Gasteiger partial charge in [-0.2, -0.15) is 0 Å². The van der Waals surface area contributed by atoms with Crippen molar-refractivity contribution in [3.63, 3.8) is 0 Å². The Labute approximate surface area is 145 Å². The van der Waals surface area contributed by atoms with Crippen LogP contribution in [0.15, 0.2) is 18.2 Å². The number of carbonyl (C=O) groups is 1. The maximum absolute atomic E-state index is 13.0. The third-order valence-electron chi connectivity index (χ3n) is 4.57. The summed E-state index contributed by atoms with van der Waals surface area (Å²) in [4.78, 5) is 15.0. The van der Waals surface area contributed by atoms with E-state index in [1.54, 1.807) is 14.2 Å². The van der Waals surface area contributed by atoms with Gasteiger partial charge in [0.2, 0.25) is 5.91 Å². The summed E-state index contributed by atoms with van der Waals surface area (Å²) >= 11 is 0. The minimum absolute atomic E-state index is 0.111. The first-order chi connectivity index (χ1) is 11.5. The van der Waals surface area contributed by atoms with Gasteiger partial charge >= 0.3 is 0 Å². The van der Waals surface area contributed by atoms with Gasteiger partial charge in [-0.1, -0.05) is 26.8 Å². The number of carbonyl (C=O) groups excluding carboxylic acids is 1. The lowest BCUT2D eigenvalue weighted by molar-refractivity contribution is -0.134. The average molecular weight is 334 g/mol. The van der Waals surface area contributed by atoms with Crippen LogP contribution in [0.1, 0.15) is 51.6 Å². The predicted molar refractivity (Wildman–Crippen MR) is 95.6 cm³/mol. The van der Waals surface area contributed by atoms with Crippen LogP contribution in [0, 0.1) is 0 Å². The lowest BCUT2D eigenvalue weighted by Crippen LogP contribution is -2.48. The van der Waals surface area contributed by atoms with Crippen LogP contribution in [0.25, 0.3) is 0 Å². The fourth-order valence-corrected chi connectivity index (χ4v) is 3.40. The molecule has 1 aromatic rings. The minimum atomic E-state index is -0.120. The molecule has 0 aromatic heterocycles. The molecule has 1 amide bonds. The first-order valence-corrected chi connectivity index (χ1v) is 8.80. The molecule has 1 heterocycles. The number of rotatable bonds is 7. The van der Waals surface area contributed by atoms with E-state index in [-0.39, 0.29) is 18.0 Å². The van der Waals surface area contributed by atoms with Crippen LogP contribution < -0.4 is 14.8 Å². The molecule has 0 radical (unpaired) electrons. The maximum atomic E-state index is 13.0. The molecule has 0 spiro atoms. The van der Waals surface area contributed by atoms with E-state index < -0.39 is 0 Å². The van der Waals surface area contributed by atoms with Gasteiger partial charge in [0.15, 0.2) is 11.5 Å². The Morgan fingerprint density at radius 3 is 2.58 bits per heavy atom. The quantitative estimate of drug-likeness (QED) is 0.832. The molecule has 24 heavy (non-hydrogen) atoms. The number of benzene rings is 1. The van der Waals surface area contributed by atoms with Gasteiger partial charge in [-0.3, -0.25) is 4.79 Å². The van der Waals surface area contributed by atoms with Gasteiger partial charge in [0.05, 0.1) is 26.3 Å². The SMILES string of the molecule is CC[C@@H](NC(C)C)C(=O)N1CCC[C@H]1c1ccc(OC)c(OC)c1. The van der Waals surface area contributed by atoms with E-state index in [0.29, 0.717) is 17.5 Å². The van der Waals surface area contributed by atoms with Gasteiger partial charge in [0, 0.05) is 12.6 Å². The van der Waals surface area contributed by atoms with Crippen molar-refractivity contribution in [2.45, 2.75) is 58.2 Å². The molecule has 0 unspecified atom stereocenters. The number of hydrogen-bond donors (Lipinski definition) is 1. The van der Waals surface area contributed by atoms with Crippen molar-refractivity contribution >= 4 is 5.91 Å². The number of hydrogen-bond acceptors (Lipinski definition) is 4. The van der Waals surface area contributed by atoms with E-state index in [9.17, 15) is 4.79 Å². The smallest absolute Gasteiger partial charge is 0.240 e. The summed E-state index contributed by atoms with van der Waals surface area (Å²) in [5.74, 6) is 1.62. The summed E-state index contributed by atoms with van der Waals surface area (Å²) < 4.78 is 10.7. The molecule has 0 saturated carbocycles. The topological polar surface area (TPSA) is 50.8 Å². The number of nitrogens with one attached hydrogen (secondary N) is 1. The summed E-state index contributed by atoms with van der Waals surface area (Å²) in [6, 6.07) is 6.23. The van der Waals surface area contributed by atoms with Crippen molar-refractivity contribution in [3.05, 3.63) is 23.8 Å². The van der Waals surface area contributed by atoms with Gasteiger partial charge in [-0.15, -0.1) is 0 Å². The van der Waals surface area contributed by atoms with Crippen LogP contribution in [-0.2, 0) is 4.79 Å². The molecule has 0 aliphatic carbocycles. The number of nitrogens with zero attached hydrogens (tertiary/aromatic N) is 1. The maximum Gasteiger partial charge on any atom is 0.240 e. The Morgan fingerprint density at radius 1 is 1.29 bits per heavy atom. The van der Waals surface area contributed by atoms with E-state index in [1.807, 2.05) is 23.1 Å². The molecule has 1 fully saturated rings. The zero-order chi connectivity index (χ0) is 17.7.